The van der Waals surface area contributed by atoms with Gasteiger partial charge < -0.3 is 19.3 Å². The van der Waals surface area contributed by atoms with E-state index in [0.717, 1.165) is 15.8 Å². The molecule has 0 bridgehead atoms. The van der Waals surface area contributed by atoms with Gasteiger partial charge >= 0.3 is 5.91 Å². The predicted molar refractivity (Wildman–Crippen MR) is 151 cm³/mol. The van der Waals surface area contributed by atoms with Crippen LogP contribution in [0.2, 0.25) is 0 Å². The van der Waals surface area contributed by atoms with Crippen LogP contribution in [0.25, 0.3) is 16.0 Å². The van der Waals surface area contributed by atoms with E-state index in [2.05, 4.69) is 4.98 Å². The summed E-state index contributed by atoms with van der Waals surface area (Å²) in [6, 6.07) is 16.8. The van der Waals surface area contributed by atoms with Gasteiger partial charge in [0.05, 0.1) is 42.2 Å². The quantitative estimate of drug-likeness (QED) is 0.164. The zero-order valence-corrected chi connectivity index (χ0v) is 22.9. The van der Waals surface area contributed by atoms with E-state index >= 15 is 0 Å². The number of methoxy groups -OCH3 is 1. The molecule has 8 nitrogen and oxygen atoms in total. The van der Waals surface area contributed by atoms with Gasteiger partial charge in [0.2, 0.25) is 0 Å². The average Bonchev–Trinajstić information content (AvgIpc) is 3.46. The van der Waals surface area contributed by atoms with Crippen molar-refractivity contribution in [2.24, 2.45) is 0 Å². The molecule has 200 valence electrons. The van der Waals surface area contributed by atoms with Gasteiger partial charge in [-0.05, 0) is 80.4 Å². The number of carbonyl (C=O) groups excluding carboxylic acids is 2. The third-order valence-electron chi connectivity index (χ3n) is 6.43. The number of hydrogen-bond acceptors (Lipinski definition) is 8. The number of aryl methyl sites for hydroxylation is 1. The molecule has 1 saturated heterocycles. The highest BCUT2D eigenvalue weighted by Crippen LogP contribution is 2.46. The van der Waals surface area contributed by atoms with Crippen LogP contribution in [-0.2, 0) is 9.59 Å². The molecule has 0 aliphatic carbocycles. The molecule has 5 rings (SSSR count). The first kappa shape index (κ1) is 26.2. The predicted octanol–water partition coefficient (Wildman–Crippen LogP) is 6.04. The molecule has 0 radical (unpaired) electrons. The molecule has 1 amide bonds. The molecule has 0 spiro atoms. The Bertz CT molecular complexity index is 1590. The van der Waals surface area contributed by atoms with E-state index in [1.807, 2.05) is 39.0 Å². The fourth-order valence-electron chi connectivity index (χ4n) is 4.63. The molecule has 39 heavy (non-hydrogen) atoms. The van der Waals surface area contributed by atoms with Crippen molar-refractivity contribution < 1.29 is 28.9 Å². The molecule has 1 aliphatic heterocycles. The number of fused-ring (bicyclic) bond motifs is 1. The monoisotopic (exact) mass is 544 g/mol. The lowest BCUT2D eigenvalue weighted by Crippen LogP contribution is -2.29. The number of thiazole rings is 1. The highest BCUT2D eigenvalue weighted by atomic mass is 32.1. The van der Waals surface area contributed by atoms with Crippen molar-refractivity contribution in [1.82, 2.24) is 4.98 Å². The molecule has 1 aliphatic rings. The Labute approximate surface area is 230 Å². The minimum Gasteiger partial charge on any atom is -0.507 e. The second kappa shape index (κ2) is 10.8. The molecule has 0 saturated carbocycles. The van der Waals surface area contributed by atoms with Gasteiger partial charge in [-0.2, -0.15) is 0 Å². The number of aromatic nitrogens is 1. The van der Waals surface area contributed by atoms with Gasteiger partial charge in [-0.15, -0.1) is 0 Å². The summed E-state index contributed by atoms with van der Waals surface area (Å²) >= 11 is 1.32. The average molecular weight is 545 g/mol. The summed E-state index contributed by atoms with van der Waals surface area (Å²) in [5.41, 5.74) is 2.70. The number of nitrogens with zero attached hydrogens (tertiary/aromatic N) is 2. The smallest absolute Gasteiger partial charge is 0.301 e. The molecule has 9 heteroatoms. The van der Waals surface area contributed by atoms with E-state index in [-0.39, 0.29) is 11.3 Å². The van der Waals surface area contributed by atoms with Crippen LogP contribution in [0.4, 0.5) is 5.13 Å². The van der Waals surface area contributed by atoms with Crippen molar-refractivity contribution in [1.29, 1.82) is 0 Å². The number of benzene rings is 3. The minimum absolute atomic E-state index is 0.0363. The van der Waals surface area contributed by atoms with Crippen LogP contribution in [0.1, 0.15) is 36.6 Å². The topological polar surface area (TPSA) is 98.2 Å². The van der Waals surface area contributed by atoms with E-state index in [9.17, 15) is 14.7 Å². The maximum atomic E-state index is 13.6. The van der Waals surface area contributed by atoms with Crippen LogP contribution < -0.4 is 19.1 Å². The van der Waals surface area contributed by atoms with Gasteiger partial charge in [0.25, 0.3) is 5.78 Å². The van der Waals surface area contributed by atoms with Crippen molar-refractivity contribution in [3.05, 3.63) is 82.9 Å². The number of hydrogen-bond donors (Lipinski definition) is 1. The Hall–Kier alpha value is -4.37. The number of aliphatic hydroxyl groups is 1. The summed E-state index contributed by atoms with van der Waals surface area (Å²) in [6.45, 7) is 6.67. The Morgan fingerprint density at radius 1 is 0.974 bits per heavy atom. The van der Waals surface area contributed by atoms with Crippen LogP contribution in [0.3, 0.4) is 0 Å². The number of rotatable bonds is 8. The molecular weight excluding hydrogens is 516 g/mol. The van der Waals surface area contributed by atoms with Crippen LogP contribution >= 0.6 is 11.3 Å². The number of Topliss-reactive ketones (excluding diaryl/α,β-unsaturated/α-hetero) is 1. The highest BCUT2D eigenvalue weighted by Gasteiger charge is 2.48. The third kappa shape index (κ3) is 4.81. The fraction of sp³-hybridized carbons (Fsp3) is 0.233. The number of ketones is 1. The first-order valence-electron chi connectivity index (χ1n) is 12.6. The summed E-state index contributed by atoms with van der Waals surface area (Å²) < 4.78 is 17.6. The van der Waals surface area contributed by atoms with E-state index in [1.165, 1.54) is 23.3 Å². The van der Waals surface area contributed by atoms with Gasteiger partial charge in [0.1, 0.15) is 11.5 Å². The molecular formula is C30H28N2O6S. The van der Waals surface area contributed by atoms with Gasteiger partial charge in [-0.25, -0.2) is 4.98 Å². The van der Waals surface area contributed by atoms with Crippen molar-refractivity contribution in [2.75, 3.05) is 25.2 Å². The van der Waals surface area contributed by atoms with E-state index < -0.39 is 17.7 Å². The molecule has 1 aromatic heterocycles. The third-order valence-corrected chi connectivity index (χ3v) is 7.44. The SMILES string of the molecule is CCOc1ccc(/C(O)=C2\C(=O)C(=O)N(c3nc4ccc(C)cc4s3)C2c2ccc(OCC)c(OC)c2)cc1. The first-order valence-corrected chi connectivity index (χ1v) is 13.4. The second-order valence-corrected chi connectivity index (χ2v) is 9.95. The lowest BCUT2D eigenvalue weighted by Gasteiger charge is -2.24. The van der Waals surface area contributed by atoms with Crippen LogP contribution in [0.15, 0.2) is 66.2 Å². The Balaban J connectivity index is 1.70. The van der Waals surface area contributed by atoms with Gasteiger partial charge in [0, 0.05) is 5.56 Å². The molecule has 1 N–H and O–H groups in total. The second-order valence-electron chi connectivity index (χ2n) is 8.94. The van der Waals surface area contributed by atoms with E-state index in [0.29, 0.717) is 46.7 Å². The zero-order valence-electron chi connectivity index (χ0n) is 22.1. The summed E-state index contributed by atoms with van der Waals surface area (Å²) in [7, 11) is 1.52. The summed E-state index contributed by atoms with van der Waals surface area (Å²) in [6.07, 6.45) is 0. The van der Waals surface area contributed by atoms with Gasteiger partial charge in [0.15, 0.2) is 16.6 Å². The Morgan fingerprint density at radius 3 is 2.41 bits per heavy atom. The van der Waals surface area contributed by atoms with Crippen molar-refractivity contribution in [2.45, 2.75) is 26.8 Å². The normalized spacial score (nSPS) is 16.6. The number of anilines is 1. The van der Waals surface area contributed by atoms with Crippen molar-refractivity contribution in [3.63, 3.8) is 0 Å². The molecule has 2 heterocycles. The molecule has 1 atom stereocenters. The van der Waals surface area contributed by atoms with Crippen molar-refractivity contribution >= 4 is 44.1 Å². The highest BCUT2D eigenvalue weighted by molar-refractivity contribution is 7.22. The van der Waals surface area contributed by atoms with Gasteiger partial charge in [-0.3, -0.25) is 14.5 Å². The Kier molecular flexibility index (Phi) is 7.26. The summed E-state index contributed by atoms with van der Waals surface area (Å²) in [5.74, 6) is -0.241. The Morgan fingerprint density at radius 2 is 1.72 bits per heavy atom. The minimum atomic E-state index is -0.942. The lowest BCUT2D eigenvalue weighted by atomic mass is 9.95. The van der Waals surface area contributed by atoms with E-state index in [1.54, 1.807) is 42.5 Å². The zero-order chi connectivity index (χ0) is 27.7. The molecule has 4 aromatic rings. The van der Waals surface area contributed by atoms with E-state index in [4.69, 9.17) is 14.2 Å². The maximum Gasteiger partial charge on any atom is 0.301 e. The number of aliphatic hydroxyl groups excluding tert-OH is 1. The van der Waals surface area contributed by atoms with Crippen LogP contribution in [0, 0.1) is 6.92 Å². The van der Waals surface area contributed by atoms with Crippen LogP contribution in [-0.4, -0.2) is 42.1 Å². The van der Waals surface area contributed by atoms with Crippen LogP contribution in [0.5, 0.6) is 17.2 Å². The lowest BCUT2D eigenvalue weighted by molar-refractivity contribution is -0.132. The number of carbonyl (C=O) groups is 2. The fourth-order valence-corrected chi connectivity index (χ4v) is 5.72. The number of ether oxygens (including phenoxy) is 3. The summed E-state index contributed by atoms with van der Waals surface area (Å²) in [5, 5.41) is 11.8. The summed E-state index contributed by atoms with van der Waals surface area (Å²) in [4.78, 5) is 33.1. The standard InChI is InChI=1S/C30H28N2O6S/c1-5-37-20-11-8-18(9-12-20)27(33)25-26(19-10-14-22(38-6-2)23(16-19)36-4)32(29(35)28(25)34)30-31-21-13-7-17(3)15-24(21)39-30/h7-16,26,33H,5-6H2,1-4H3/b27-25+. The largest absolute Gasteiger partial charge is 0.507 e. The maximum absolute atomic E-state index is 13.6. The number of amides is 1. The van der Waals surface area contributed by atoms with Crippen molar-refractivity contribution in [3.8, 4) is 17.2 Å². The molecule has 3 aromatic carbocycles. The molecule has 1 fully saturated rings. The first-order chi connectivity index (χ1) is 18.9. The molecule has 1 unspecified atom stereocenters. The van der Waals surface area contributed by atoms with Gasteiger partial charge in [-0.1, -0.05) is 23.5 Å².